The van der Waals surface area contributed by atoms with Gasteiger partial charge in [0.2, 0.25) is 5.95 Å². The van der Waals surface area contributed by atoms with E-state index in [9.17, 15) is 5.11 Å². The summed E-state index contributed by atoms with van der Waals surface area (Å²) in [7, 11) is 0. The summed E-state index contributed by atoms with van der Waals surface area (Å²) >= 11 is 0. The van der Waals surface area contributed by atoms with Crippen molar-refractivity contribution in [2.45, 2.75) is 39.3 Å². The fraction of sp³-hybridized carbons (Fsp3) is 0.474. The second kappa shape index (κ2) is 6.98. The predicted molar refractivity (Wildman–Crippen MR) is 98.8 cm³/mol. The predicted octanol–water partition coefficient (Wildman–Crippen LogP) is 1.98. The number of nitrogens with zero attached hydrogens (tertiary/aromatic N) is 3. The van der Waals surface area contributed by atoms with Gasteiger partial charge in [0.1, 0.15) is 5.82 Å². The summed E-state index contributed by atoms with van der Waals surface area (Å²) in [5.41, 5.74) is 3.59. The van der Waals surface area contributed by atoms with E-state index in [0.29, 0.717) is 12.5 Å². The molecule has 3 N–H and O–H groups in total. The smallest absolute Gasteiger partial charge is 0.224 e. The summed E-state index contributed by atoms with van der Waals surface area (Å²) in [6.07, 6.45) is 0.918. The standard InChI is InChI=1S/C19H26N4O2/c1-13-10-17(22-18(21-13)20-7-9-24)23-8-6-14-11-16(19(2,3)25)5-4-15(14)12-23/h4-5,10-11,24-25H,6-9,12H2,1-3H3,(H,20,21,22). The number of aliphatic hydroxyl groups is 2. The average Bonchev–Trinajstić information content (AvgIpc) is 2.57. The highest BCUT2D eigenvalue weighted by molar-refractivity contribution is 5.48. The molecule has 3 rings (SSSR count). The highest BCUT2D eigenvalue weighted by atomic mass is 16.3. The molecule has 6 nitrogen and oxygen atoms in total. The van der Waals surface area contributed by atoms with Crippen LogP contribution in [0, 0.1) is 6.92 Å². The van der Waals surface area contributed by atoms with Crippen LogP contribution >= 0.6 is 0 Å². The van der Waals surface area contributed by atoms with Gasteiger partial charge in [0.25, 0.3) is 0 Å². The molecule has 1 aromatic carbocycles. The number of anilines is 2. The number of aliphatic hydroxyl groups excluding tert-OH is 1. The number of rotatable bonds is 5. The number of aryl methyl sites for hydroxylation is 1. The maximum atomic E-state index is 10.2. The Bertz CT molecular complexity index is 756. The number of benzene rings is 1. The van der Waals surface area contributed by atoms with Crippen LogP contribution in [0.3, 0.4) is 0 Å². The first-order valence-electron chi connectivity index (χ1n) is 8.67. The van der Waals surface area contributed by atoms with Crippen LogP contribution in [0.1, 0.15) is 36.2 Å². The van der Waals surface area contributed by atoms with Crippen molar-refractivity contribution in [2.24, 2.45) is 0 Å². The van der Waals surface area contributed by atoms with Crippen molar-refractivity contribution in [3.63, 3.8) is 0 Å². The van der Waals surface area contributed by atoms with Crippen molar-refractivity contribution in [1.82, 2.24) is 9.97 Å². The Kier molecular flexibility index (Phi) is 4.92. The molecule has 0 fully saturated rings. The zero-order valence-corrected chi connectivity index (χ0v) is 15.1. The molecule has 0 saturated carbocycles. The molecule has 2 heterocycles. The lowest BCUT2D eigenvalue weighted by atomic mass is 9.91. The van der Waals surface area contributed by atoms with Gasteiger partial charge in [-0.2, -0.15) is 4.98 Å². The van der Waals surface area contributed by atoms with E-state index in [0.717, 1.165) is 36.6 Å². The summed E-state index contributed by atoms with van der Waals surface area (Å²) in [4.78, 5) is 11.2. The van der Waals surface area contributed by atoms with Crippen LogP contribution in [0.25, 0.3) is 0 Å². The minimum Gasteiger partial charge on any atom is -0.395 e. The van der Waals surface area contributed by atoms with Gasteiger partial charge in [0.05, 0.1) is 12.2 Å². The van der Waals surface area contributed by atoms with E-state index in [-0.39, 0.29) is 6.61 Å². The van der Waals surface area contributed by atoms with Crippen molar-refractivity contribution in [2.75, 3.05) is 29.9 Å². The lowest BCUT2D eigenvalue weighted by Crippen LogP contribution is -2.32. The van der Waals surface area contributed by atoms with Crippen LogP contribution < -0.4 is 10.2 Å². The van der Waals surface area contributed by atoms with Gasteiger partial charge in [-0.3, -0.25) is 0 Å². The zero-order chi connectivity index (χ0) is 18.0. The largest absolute Gasteiger partial charge is 0.395 e. The normalized spacial score (nSPS) is 14.4. The van der Waals surface area contributed by atoms with E-state index >= 15 is 0 Å². The van der Waals surface area contributed by atoms with Crippen molar-refractivity contribution in [3.05, 3.63) is 46.6 Å². The van der Waals surface area contributed by atoms with Gasteiger partial charge in [-0.05, 0) is 43.9 Å². The minimum atomic E-state index is -0.816. The van der Waals surface area contributed by atoms with Crippen LogP contribution in [0.4, 0.5) is 11.8 Å². The van der Waals surface area contributed by atoms with E-state index in [4.69, 9.17) is 5.11 Å². The van der Waals surface area contributed by atoms with Gasteiger partial charge >= 0.3 is 0 Å². The monoisotopic (exact) mass is 342 g/mol. The topological polar surface area (TPSA) is 81.5 Å². The lowest BCUT2D eigenvalue weighted by molar-refractivity contribution is 0.0785. The van der Waals surface area contributed by atoms with E-state index in [1.54, 1.807) is 0 Å². The molecule has 1 aromatic heterocycles. The average molecular weight is 342 g/mol. The molecule has 0 aliphatic carbocycles. The molecule has 134 valence electrons. The van der Waals surface area contributed by atoms with Crippen molar-refractivity contribution in [3.8, 4) is 0 Å². The molecule has 1 aliphatic heterocycles. The maximum absolute atomic E-state index is 10.2. The molecule has 0 amide bonds. The van der Waals surface area contributed by atoms with Gasteiger partial charge in [0.15, 0.2) is 0 Å². The van der Waals surface area contributed by atoms with Crippen LogP contribution in [-0.2, 0) is 18.6 Å². The summed E-state index contributed by atoms with van der Waals surface area (Å²) in [5.74, 6) is 1.44. The number of nitrogens with one attached hydrogen (secondary N) is 1. The molecular formula is C19H26N4O2. The van der Waals surface area contributed by atoms with Crippen molar-refractivity contribution < 1.29 is 10.2 Å². The molecule has 2 aromatic rings. The van der Waals surface area contributed by atoms with E-state index < -0.39 is 5.60 Å². The maximum Gasteiger partial charge on any atom is 0.224 e. The Labute approximate surface area is 148 Å². The Morgan fingerprint density at radius 1 is 1.20 bits per heavy atom. The molecule has 0 radical (unpaired) electrons. The van der Waals surface area contributed by atoms with Crippen LogP contribution in [-0.4, -0.2) is 39.9 Å². The van der Waals surface area contributed by atoms with E-state index in [1.807, 2.05) is 32.9 Å². The number of hydrogen-bond donors (Lipinski definition) is 3. The Balaban J connectivity index is 1.82. The molecule has 0 unspecified atom stereocenters. The zero-order valence-electron chi connectivity index (χ0n) is 15.1. The van der Waals surface area contributed by atoms with Crippen LogP contribution in [0.5, 0.6) is 0 Å². The quantitative estimate of drug-likeness (QED) is 0.771. The Morgan fingerprint density at radius 2 is 2.00 bits per heavy atom. The van der Waals surface area contributed by atoms with Gasteiger partial charge in [-0.1, -0.05) is 18.2 Å². The Hall–Kier alpha value is -2.18. The summed E-state index contributed by atoms with van der Waals surface area (Å²) < 4.78 is 0. The Morgan fingerprint density at radius 3 is 2.72 bits per heavy atom. The third kappa shape index (κ3) is 4.08. The van der Waals surface area contributed by atoms with Gasteiger partial charge in [-0.15, -0.1) is 0 Å². The number of hydrogen-bond acceptors (Lipinski definition) is 6. The number of fused-ring (bicyclic) bond motifs is 1. The first kappa shape index (κ1) is 17.6. The highest BCUT2D eigenvalue weighted by Gasteiger charge is 2.22. The number of aromatic nitrogens is 2. The minimum absolute atomic E-state index is 0.0489. The third-order valence-electron chi connectivity index (χ3n) is 4.48. The molecule has 0 saturated heterocycles. The van der Waals surface area contributed by atoms with E-state index in [2.05, 4.69) is 32.3 Å². The van der Waals surface area contributed by atoms with Gasteiger partial charge in [0, 0.05) is 31.4 Å². The fourth-order valence-electron chi connectivity index (χ4n) is 3.09. The first-order chi connectivity index (χ1) is 11.9. The molecular weight excluding hydrogens is 316 g/mol. The molecule has 0 spiro atoms. The third-order valence-corrected chi connectivity index (χ3v) is 4.48. The second-order valence-corrected chi connectivity index (χ2v) is 7.06. The SMILES string of the molecule is Cc1cc(N2CCc3cc(C(C)(C)O)ccc3C2)nc(NCCO)n1. The van der Waals surface area contributed by atoms with Crippen molar-refractivity contribution in [1.29, 1.82) is 0 Å². The molecule has 1 aliphatic rings. The van der Waals surface area contributed by atoms with Crippen LogP contribution in [0.2, 0.25) is 0 Å². The fourth-order valence-corrected chi connectivity index (χ4v) is 3.09. The van der Waals surface area contributed by atoms with Gasteiger partial charge < -0.3 is 20.4 Å². The lowest BCUT2D eigenvalue weighted by Gasteiger charge is -2.31. The molecule has 6 heteroatoms. The molecule has 0 bridgehead atoms. The second-order valence-electron chi connectivity index (χ2n) is 7.06. The van der Waals surface area contributed by atoms with E-state index in [1.165, 1.54) is 11.1 Å². The van der Waals surface area contributed by atoms with Crippen LogP contribution in [0.15, 0.2) is 24.3 Å². The summed E-state index contributed by atoms with van der Waals surface area (Å²) in [5, 5.41) is 22.2. The first-order valence-corrected chi connectivity index (χ1v) is 8.67. The van der Waals surface area contributed by atoms with Gasteiger partial charge in [-0.25, -0.2) is 4.98 Å². The molecule has 0 atom stereocenters. The summed E-state index contributed by atoms with van der Waals surface area (Å²) in [6.45, 7) is 7.72. The highest BCUT2D eigenvalue weighted by Crippen LogP contribution is 2.28. The molecule has 25 heavy (non-hydrogen) atoms. The van der Waals surface area contributed by atoms with Crippen molar-refractivity contribution >= 4 is 11.8 Å². The summed E-state index contributed by atoms with van der Waals surface area (Å²) in [6, 6.07) is 8.21.